The number of rotatable bonds is 4. The Labute approximate surface area is 104 Å². The number of aliphatic carboxylic acids is 1. The minimum absolute atomic E-state index is 0.156. The van der Waals surface area contributed by atoms with Gasteiger partial charge in [-0.3, -0.25) is 0 Å². The molecule has 0 fully saturated rings. The van der Waals surface area contributed by atoms with Crippen molar-refractivity contribution in [1.82, 2.24) is 14.8 Å². The van der Waals surface area contributed by atoms with Crippen LogP contribution in [0.15, 0.2) is 27.8 Å². The monoisotopic (exact) mass is 267 g/mol. The maximum Gasteiger partial charge on any atom is 0.344 e. The molecule has 0 aromatic carbocycles. The Morgan fingerprint density at radius 1 is 1.33 bits per heavy atom. The average molecular weight is 267 g/mol. The summed E-state index contributed by atoms with van der Waals surface area (Å²) in [6.45, 7) is 0.156. The lowest BCUT2D eigenvalue weighted by atomic mass is 10.4. The summed E-state index contributed by atoms with van der Waals surface area (Å²) in [7, 11) is 0. The zero-order chi connectivity index (χ0) is 13.1. The molecule has 0 spiro atoms. The molecule has 2 rings (SSSR count). The highest BCUT2D eigenvalue weighted by atomic mass is 32.1. The van der Waals surface area contributed by atoms with E-state index in [2.05, 4.69) is 10.2 Å². The molecule has 2 heterocycles. The molecule has 7 nitrogen and oxygen atoms in total. The predicted octanol–water partition coefficient (Wildman–Crippen LogP) is 0.0723. The number of thiophene rings is 1. The predicted molar refractivity (Wildman–Crippen MR) is 65.8 cm³/mol. The van der Waals surface area contributed by atoms with E-state index in [1.54, 1.807) is 12.1 Å². The van der Waals surface area contributed by atoms with Gasteiger partial charge in [0.15, 0.2) is 0 Å². The Balaban J connectivity index is 2.19. The fourth-order valence-corrected chi connectivity index (χ4v) is 2.26. The first-order valence-electron chi connectivity index (χ1n) is 4.93. The van der Waals surface area contributed by atoms with Crippen molar-refractivity contribution in [1.29, 1.82) is 0 Å². The number of carboxylic acid groups (broad SMARTS) is 1. The average Bonchev–Trinajstić information content (AvgIpc) is 2.88. The maximum absolute atomic E-state index is 11.3. The number of aromatic nitrogens is 3. The molecule has 0 atom stereocenters. The quantitative estimate of drug-likeness (QED) is 0.681. The molecule has 0 saturated carbocycles. The molecule has 0 aliphatic carbocycles. The molecule has 0 radical (unpaired) electrons. The third-order valence-electron chi connectivity index (χ3n) is 2.15. The first kappa shape index (κ1) is 12.1. The van der Waals surface area contributed by atoms with Crippen LogP contribution in [0.3, 0.4) is 0 Å². The highest BCUT2D eigenvalue weighted by Crippen LogP contribution is 2.18. The number of hydrogen-bond donors (Lipinski definition) is 3. The summed E-state index contributed by atoms with van der Waals surface area (Å²) in [5, 5.41) is 12.9. The van der Waals surface area contributed by atoms with Crippen LogP contribution in [0, 0.1) is 0 Å². The van der Waals surface area contributed by atoms with Crippen molar-refractivity contribution in [3.8, 4) is 0 Å². The van der Waals surface area contributed by atoms with Gasteiger partial charge in [0, 0.05) is 15.8 Å². The van der Waals surface area contributed by atoms with Crippen LogP contribution in [-0.2, 0) is 11.3 Å². The molecule has 2 aromatic rings. The highest BCUT2D eigenvalue weighted by molar-refractivity contribution is 7.12. The summed E-state index contributed by atoms with van der Waals surface area (Å²) in [5.74, 6) is -1.02. The van der Waals surface area contributed by atoms with Crippen molar-refractivity contribution < 1.29 is 9.90 Å². The van der Waals surface area contributed by atoms with Crippen LogP contribution >= 0.6 is 11.3 Å². The Hall–Kier alpha value is -2.35. The van der Waals surface area contributed by atoms with Gasteiger partial charge < -0.3 is 5.11 Å². The van der Waals surface area contributed by atoms with Crippen LogP contribution in [0.1, 0.15) is 9.75 Å². The van der Waals surface area contributed by atoms with Gasteiger partial charge >= 0.3 is 17.3 Å². The first-order chi connectivity index (χ1) is 8.56. The van der Waals surface area contributed by atoms with Gasteiger partial charge in [0.2, 0.25) is 0 Å². The van der Waals surface area contributed by atoms with E-state index in [4.69, 9.17) is 5.11 Å². The molecule has 0 amide bonds. The van der Waals surface area contributed by atoms with Crippen LogP contribution in [0.4, 0.5) is 0 Å². The van der Waals surface area contributed by atoms with Crippen LogP contribution in [0.2, 0.25) is 0 Å². The van der Waals surface area contributed by atoms with Gasteiger partial charge in [-0.2, -0.15) is 0 Å². The lowest BCUT2D eigenvalue weighted by Gasteiger charge is -1.94. The molecule has 0 unspecified atom stereocenters. The molecule has 3 N–H and O–H groups in total. The van der Waals surface area contributed by atoms with E-state index < -0.39 is 17.3 Å². The van der Waals surface area contributed by atoms with E-state index in [0.29, 0.717) is 0 Å². The molecule has 94 valence electrons. The van der Waals surface area contributed by atoms with Gasteiger partial charge in [0.1, 0.15) is 0 Å². The topological polar surface area (TPSA) is 108 Å². The summed E-state index contributed by atoms with van der Waals surface area (Å²) in [6, 6.07) is 3.47. The number of hydrogen-bond acceptors (Lipinski definition) is 4. The van der Waals surface area contributed by atoms with Crippen molar-refractivity contribution >= 4 is 23.4 Å². The molecule has 0 bridgehead atoms. The molecular formula is C10H9N3O4S. The zero-order valence-electron chi connectivity index (χ0n) is 9.04. The number of carboxylic acids is 1. The summed E-state index contributed by atoms with van der Waals surface area (Å²) in [5.41, 5.74) is -1.01. The van der Waals surface area contributed by atoms with Crippen molar-refractivity contribution in [2.75, 3.05) is 0 Å². The van der Waals surface area contributed by atoms with E-state index in [1.165, 1.54) is 17.4 Å². The van der Waals surface area contributed by atoms with Gasteiger partial charge in [0.05, 0.1) is 6.54 Å². The Morgan fingerprint density at radius 2 is 2.00 bits per heavy atom. The van der Waals surface area contributed by atoms with E-state index in [9.17, 15) is 14.4 Å². The van der Waals surface area contributed by atoms with Crippen molar-refractivity contribution in [2.45, 2.75) is 6.54 Å². The Bertz CT molecular complexity index is 676. The van der Waals surface area contributed by atoms with Gasteiger partial charge in [-0.15, -0.1) is 11.3 Å². The Kier molecular flexibility index (Phi) is 3.28. The first-order valence-corrected chi connectivity index (χ1v) is 5.75. The van der Waals surface area contributed by atoms with Crippen LogP contribution in [0.25, 0.3) is 6.08 Å². The smallest absolute Gasteiger partial charge is 0.344 e. The van der Waals surface area contributed by atoms with E-state index >= 15 is 0 Å². The third-order valence-corrected chi connectivity index (χ3v) is 3.19. The van der Waals surface area contributed by atoms with E-state index in [1.807, 2.05) is 0 Å². The third kappa shape index (κ3) is 2.66. The molecule has 0 aliphatic rings. The summed E-state index contributed by atoms with van der Waals surface area (Å²) in [6.07, 6.45) is 2.49. The van der Waals surface area contributed by atoms with Crippen molar-refractivity contribution in [3.63, 3.8) is 0 Å². The number of nitrogens with zero attached hydrogens (tertiary/aromatic N) is 1. The number of aromatic amines is 2. The van der Waals surface area contributed by atoms with Crippen LogP contribution < -0.4 is 11.4 Å². The van der Waals surface area contributed by atoms with E-state index in [-0.39, 0.29) is 6.54 Å². The molecule has 2 aromatic heterocycles. The van der Waals surface area contributed by atoms with Gasteiger partial charge in [-0.25, -0.2) is 29.1 Å². The normalized spacial score (nSPS) is 11.1. The second kappa shape index (κ2) is 4.88. The second-order valence-electron chi connectivity index (χ2n) is 3.42. The molecular weight excluding hydrogens is 258 g/mol. The fraction of sp³-hybridized carbons (Fsp3) is 0.100. The lowest BCUT2D eigenvalue weighted by Crippen LogP contribution is -2.26. The fourth-order valence-electron chi connectivity index (χ4n) is 1.36. The second-order valence-corrected chi connectivity index (χ2v) is 4.62. The van der Waals surface area contributed by atoms with Crippen LogP contribution in [-0.4, -0.2) is 25.8 Å². The van der Waals surface area contributed by atoms with Crippen LogP contribution in [0.5, 0.6) is 0 Å². The maximum atomic E-state index is 11.3. The van der Waals surface area contributed by atoms with Crippen molar-refractivity contribution in [3.05, 3.63) is 48.9 Å². The zero-order valence-corrected chi connectivity index (χ0v) is 9.86. The SMILES string of the molecule is O=C(O)/C=C/c1ccc(Cn2c(=O)[nH][nH]c2=O)s1. The highest BCUT2D eigenvalue weighted by Gasteiger charge is 2.05. The summed E-state index contributed by atoms with van der Waals surface area (Å²) in [4.78, 5) is 34.4. The van der Waals surface area contributed by atoms with Crippen molar-refractivity contribution in [2.24, 2.45) is 0 Å². The molecule has 18 heavy (non-hydrogen) atoms. The Morgan fingerprint density at radius 3 is 2.61 bits per heavy atom. The molecule has 8 heteroatoms. The minimum atomic E-state index is -1.02. The number of nitrogens with one attached hydrogen (secondary N) is 2. The molecule has 0 aliphatic heterocycles. The lowest BCUT2D eigenvalue weighted by molar-refractivity contribution is -0.131. The summed E-state index contributed by atoms with van der Waals surface area (Å²) >= 11 is 1.31. The minimum Gasteiger partial charge on any atom is -0.478 e. The largest absolute Gasteiger partial charge is 0.478 e. The number of H-pyrrole nitrogens is 2. The van der Waals surface area contributed by atoms with Gasteiger partial charge in [-0.1, -0.05) is 0 Å². The van der Waals surface area contributed by atoms with E-state index in [0.717, 1.165) is 20.4 Å². The van der Waals surface area contributed by atoms with Gasteiger partial charge in [0.25, 0.3) is 0 Å². The summed E-state index contributed by atoms with van der Waals surface area (Å²) < 4.78 is 1.02. The standard InChI is InChI=1S/C10H9N3O4S/c14-8(15)4-3-6-1-2-7(18-6)5-13-9(16)11-12-10(13)17/h1-4H,5H2,(H,11,16)(H,12,17)(H,14,15)/b4-3+. The number of carbonyl (C=O) groups is 1. The van der Waals surface area contributed by atoms with Gasteiger partial charge in [-0.05, 0) is 18.2 Å². The molecule has 0 saturated heterocycles.